The van der Waals surface area contributed by atoms with Crippen LogP contribution in [0.1, 0.15) is 11.1 Å². The first-order chi connectivity index (χ1) is 8.16. The average molecular weight is 227 g/mol. The first kappa shape index (κ1) is 11.8. The molecule has 2 heteroatoms. The number of hydrogen-bond acceptors (Lipinski definition) is 2. The molecule has 0 radical (unpaired) electrons. The number of aryl methyl sites for hydroxylation is 1. The molecule has 2 aromatic carbocycles. The van der Waals surface area contributed by atoms with Gasteiger partial charge in [0.2, 0.25) is 0 Å². The Morgan fingerprint density at radius 3 is 2.53 bits per heavy atom. The fourth-order valence-corrected chi connectivity index (χ4v) is 2.00. The van der Waals surface area contributed by atoms with Gasteiger partial charge in [-0.05, 0) is 35.2 Å². The van der Waals surface area contributed by atoms with Gasteiger partial charge in [-0.2, -0.15) is 5.06 Å². The van der Waals surface area contributed by atoms with Gasteiger partial charge in [0.05, 0.1) is 0 Å². The summed E-state index contributed by atoms with van der Waals surface area (Å²) in [4.78, 5) is 0. The second-order valence-corrected chi connectivity index (χ2v) is 4.33. The summed E-state index contributed by atoms with van der Waals surface area (Å²) in [7, 11) is 1.65. The summed E-state index contributed by atoms with van der Waals surface area (Å²) in [5.74, 6) is 0. The molecule has 2 aromatic rings. The Bertz CT molecular complexity index is 506. The zero-order chi connectivity index (χ0) is 12.3. The molecule has 0 bridgehead atoms. The summed E-state index contributed by atoms with van der Waals surface area (Å²) < 4.78 is 0. The number of hydrogen-bond donors (Lipinski definition) is 1. The minimum Gasteiger partial charge on any atom is -0.314 e. The molecule has 88 valence electrons. The number of rotatable bonds is 3. The first-order valence-corrected chi connectivity index (χ1v) is 5.72. The second-order valence-electron chi connectivity index (χ2n) is 4.33. The van der Waals surface area contributed by atoms with E-state index in [2.05, 4.69) is 31.2 Å². The van der Waals surface area contributed by atoms with Gasteiger partial charge in [-0.25, -0.2) is 0 Å². The number of benzene rings is 2. The lowest BCUT2D eigenvalue weighted by Gasteiger charge is -2.11. The molecule has 0 aliphatic heterocycles. The minimum atomic E-state index is 0.541. The standard InChI is InChI=1S/C15H17NO/c1-12-6-3-4-9-15(12)14-8-5-7-13(10-14)11-16(2)17/h3-10,17H,11H2,1-2H3. The summed E-state index contributed by atoms with van der Waals surface area (Å²) in [5, 5.41) is 10.4. The van der Waals surface area contributed by atoms with Crippen LogP contribution in [0.5, 0.6) is 0 Å². The molecule has 0 saturated carbocycles. The van der Waals surface area contributed by atoms with Crippen molar-refractivity contribution in [2.24, 2.45) is 0 Å². The fraction of sp³-hybridized carbons (Fsp3) is 0.200. The molecule has 0 aliphatic carbocycles. The zero-order valence-corrected chi connectivity index (χ0v) is 10.2. The molecular weight excluding hydrogens is 210 g/mol. The molecule has 0 fully saturated rings. The molecule has 0 unspecified atom stereocenters. The van der Waals surface area contributed by atoms with Crippen molar-refractivity contribution < 1.29 is 5.21 Å². The van der Waals surface area contributed by atoms with Crippen molar-refractivity contribution in [1.82, 2.24) is 5.06 Å². The molecule has 0 heterocycles. The maximum absolute atomic E-state index is 9.26. The molecule has 2 nitrogen and oxygen atoms in total. The second kappa shape index (κ2) is 5.13. The Hall–Kier alpha value is -1.64. The van der Waals surface area contributed by atoms with Crippen molar-refractivity contribution in [2.75, 3.05) is 7.05 Å². The molecule has 0 aliphatic rings. The predicted molar refractivity (Wildman–Crippen MR) is 69.9 cm³/mol. The van der Waals surface area contributed by atoms with Crippen molar-refractivity contribution in [2.45, 2.75) is 13.5 Å². The van der Waals surface area contributed by atoms with Gasteiger partial charge in [-0.15, -0.1) is 0 Å². The smallest absolute Gasteiger partial charge is 0.0485 e. The van der Waals surface area contributed by atoms with Crippen LogP contribution in [-0.4, -0.2) is 17.3 Å². The van der Waals surface area contributed by atoms with E-state index in [-0.39, 0.29) is 0 Å². The summed E-state index contributed by atoms with van der Waals surface area (Å²) in [6.45, 7) is 2.65. The van der Waals surface area contributed by atoms with Crippen molar-refractivity contribution in [1.29, 1.82) is 0 Å². The van der Waals surface area contributed by atoms with E-state index in [0.717, 1.165) is 5.56 Å². The van der Waals surface area contributed by atoms with E-state index < -0.39 is 0 Å². The Kier molecular flexibility index (Phi) is 3.57. The van der Waals surface area contributed by atoms with Crippen LogP contribution in [0.3, 0.4) is 0 Å². The highest BCUT2D eigenvalue weighted by atomic mass is 16.5. The third-order valence-corrected chi connectivity index (χ3v) is 2.79. The molecular formula is C15H17NO. The molecule has 0 aromatic heterocycles. The largest absolute Gasteiger partial charge is 0.314 e. The highest BCUT2D eigenvalue weighted by Crippen LogP contribution is 2.24. The van der Waals surface area contributed by atoms with Gasteiger partial charge in [0.25, 0.3) is 0 Å². The van der Waals surface area contributed by atoms with E-state index in [0.29, 0.717) is 6.54 Å². The van der Waals surface area contributed by atoms with Crippen LogP contribution in [0.4, 0.5) is 0 Å². The Labute approximate surface area is 102 Å². The molecule has 0 spiro atoms. The lowest BCUT2D eigenvalue weighted by Crippen LogP contribution is -2.11. The first-order valence-electron chi connectivity index (χ1n) is 5.72. The Balaban J connectivity index is 2.37. The van der Waals surface area contributed by atoms with Gasteiger partial charge in [-0.3, -0.25) is 0 Å². The van der Waals surface area contributed by atoms with Crippen LogP contribution in [0, 0.1) is 6.92 Å². The number of nitrogens with zero attached hydrogens (tertiary/aromatic N) is 1. The monoisotopic (exact) mass is 227 g/mol. The molecule has 1 N–H and O–H groups in total. The average Bonchev–Trinajstić information content (AvgIpc) is 2.29. The van der Waals surface area contributed by atoms with Gasteiger partial charge in [-0.1, -0.05) is 42.5 Å². The topological polar surface area (TPSA) is 23.5 Å². The van der Waals surface area contributed by atoms with Gasteiger partial charge >= 0.3 is 0 Å². The van der Waals surface area contributed by atoms with E-state index in [1.807, 2.05) is 24.3 Å². The lowest BCUT2D eigenvalue weighted by molar-refractivity contribution is -0.0731. The molecule has 2 rings (SSSR count). The van der Waals surface area contributed by atoms with Crippen molar-refractivity contribution in [3.63, 3.8) is 0 Å². The minimum absolute atomic E-state index is 0.541. The summed E-state index contributed by atoms with van der Waals surface area (Å²) in [6, 6.07) is 16.6. The van der Waals surface area contributed by atoms with Crippen LogP contribution >= 0.6 is 0 Å². The maximum atomic E-state index is 9.26. The van der Waals surface area contributed by atoms with E-state index >= 15 is 0 Å². The molecule has 0 atom stereocenters. The SMILES string of the molecule is Cc1ccccc1-c1cccc(CN(C)O)c1. The van der Waals surface area contributed by atoms with Gasteiger partial charge in [0.1, 0.15) is 0 Å². The highest BCUT2D eigenvalue weighted by molar-refractivity contribution is 5.67. The lowest BCUT2D eigenvalue weighted by atomic mass is 9.99. The van der Waals surface area contributed by atoms with Gasteiger partial charge in [0, 0.05) is 13.6 Å². The van der Waals surface area contributed by atoms with Crippen molar-refractivity contribution >= 4 is 0 Å². The van der Waals surface area contributed by atoms with Gasteiger partial charge in [0.15, 0.2) is 0 Å². The van der Waals surface area contributed by atoms with Crippen molar-refractivity contribution in [3.05, 3.63) is 59.7 Å². The van der Waals surface area contributed by atoms with E-state index in [4.69, 9.17) is 0 Å². The van der Waals surface area contributed by atoms with E-state index in [9.17, 15) is 5.21 Å². The Morgan fingerprint density at radius 2 is 1.82 bits per heavy atom. The normalized spacial score (nSPS) is 10.8. The van der Waals surface area contributed by atoms with Crippen LogP contribution in [0.25, 0.3) is 11.1 Å². The summed E-state index contributed by atoms with van der Waals surface area (Å²) in [6.07, 6.45) is 0. The summed E-state index contributed by atoms with van der Waals surface area (Å²) >= 11 is 0. The number of hydroxylamine groups is 2. The van der Waals surface area contributed by atoms with E-state index in [1.165, 1.54) is 21.8 Å². The van der Waals surface area contributed by atoms with Gasteiger partial charge < -0.3 is 5.21 Å². The summed E-state index contributed by atoms with van der Waals surface area (Å²) in [5.41, 5.74) is 4.81. The quantitative estimate of drug-likeness (QED) is 0.811. The zero-order valence-electron chi connectivity index (χ0n) is 10.2. The van der Waals surface area contributed by atoms with Crippen LogP contribution in [0.2, 0.25) is 0 Å². The maximum Gasteiger partial charge on any atom is 0.0485 e. The van der Waals surface area contributed by atoms with Crippen LogP contribution in [0.15, 0.2) is 48.5 Å². The van der Waals surface area contributed by atoms with Crippen LogP contribution in [-0.2, 0) is 6.54 Å². The third kappa shape index (κ3) is 2.93. The molecule has 17 heavy (non-hydrogen) atoms. The Morgan fingerprint density at radius 1 is 1.06 bits per heavy atom. The molecule has 0 saturated heterocycles. The third-order valence-electron chi connectivity index (χ3n) is 2.79. The molecule has 0 amide bonds. The van der Waals surface area contributed by atoms with E-state index in [1.54, 1.807) is 7.05 Å². The van der Waals surface area contributed by atoms with Crippen LogP contribution < -0.4 is 0 Å². The predicted octanol–water partition coefficient (Wildman–Crippen LogP) is 3.48. The highest BCUT2D eigenvalue weighted by Gasteiger charge is 2.02. The fourth-order valence-electron chi connectivity index (χ4n) is 2.00. The van der Waals surface area contributed by atoms with Crippen molar-refractivity contribution in [3.8, 4) is 11.1 Å².